The van der Waals surface area contributed by atoms with Gasteiger partial charge in [0.25, 0.3) is 0 Å². The number of halogens is 1. The first-order valence-corrected chi connectivity index (χ1v) is 7.83. The Labute approximate surface area is 133 Å². The van der Waals surface area contributed by atoms with Gasteiger partial charge >= 0.3 is 0 Å². The van der Waals surface area contributed by atoms with E-state index >= 15 is 0 Å². The maximum atomic E-state index is 11.2. The topological polar surface area (TPSA) is 35.5 Å². The number of ether oxygens (including phenoxy) is 2. The van der Waals surface area contributed by atoms with E-state index in [1.807, 2.05) is 36.4 Å². The molecule has 3 nitrogen and oxygen atoms in total. The van der Waals surface area contributed by atoms with Crippen LogP contribution in [0.25, 0.3) is 11.1 Å². The monoisotopic (exact) mass is 348 g/mol. The predicted octanol–water partition coefficient (Wildman–Crippen LogP) is 4.34. The third kappa shape index (κ3) is 4.08. The Morgan fingerprint density at radius 3 is 2.71 bits per heavy atom. The predicted molar refractivity (Wildman–Crippen MR) is 87.7 cm³/mol. The van der Waals surface area contributed by atoms with E-state index in [9.17, 15) is 4.79 Å². The molecule has 4 heteroatoms. The van der Waals surface area contributed by atoms with Crippen molar-refractivity contribution in [3.05, 3.63) is 48.0 Å². The van der Waals surface area contributed by atoms with Crippen LogP contribution in [0, 0.1) is 0 Å². The molecule has 0 aromatic heterocycles. The van der Waals surface area contributed by atoms with E-state index in [2.05, 4.69) is 15.9 Å². The van der Waals surface area contributed by atoms with Gasteiger partial charge in [-0.1, -0.05) is 28.1 Å². The van der Waals surface area contributed by atoms with Gasteiger partial charge in [-0.15, -0.1) is 0 Å². The Bertz CT molecular complexity index is 611. The molecule has 110 valence electrons. The largest absolute Gasteiger partial charge is 0.497 e. The van der Waals surface area contributed by atoms with Crippen LogP contribution in [0.3, 0.4) is 0 Å². The number of methoxy groups -OCH3 is 1. The molecular formula is C17H17BrO3. The van der Waals surface area contributed by atoms with Crippen LogP contribution in [0.1, 0.15) is 16.8 Å². The van der Waals surface area contributed by atoms with Crippen LogP contribution < -0.4 is 9.47 Å². The van der Waals surface area contributed by atoms with Crippen molar-refractivity contribution in [2.45, 2.75) is 6.42 Å². The zero-order chi connectivity index (χ0) is 15.1. The van der Waals surface area contributed by atoms with E-state index < -0.39 is 0 Å². The van der Waals surface area contributed by atoms with Gasteiger partial charge in [0.2, 0.25) is 0 Å². The highest BCUT2D eigenvalue weighted by molar-refractivity contribution is 9.09. The second-order valence-electron chi connectivity index (χ2n) is 4.49. The lowest BCUT2D eigenvalue weighted by Crippen LogP contribution is -1.98. The summed E-state index contributed by atoms with van der Waals surface area (Å²) >= 11 is 3.37. The molecule has 0 unspecified atom stereocenters. The fourth-order valence-electron chi connectivity index (χ4n) is 2.01. The van der Waals surface area contributed by atoms with Crippen LogP contribution in [0.4, 0.5) is 0 Å². The molecule has 0 aliphatic heterocycles. The lowest BCUT2D eigenvalue weighted by Gasteiger charge is -2.11. The Balaban J connectivity index is 2.34. The summed E-state index contributed by atoms with van der Waals surface area (Å²) in [6.45, 7) is 0.642. The third-order valence-corrected chi connectivity index (χ3v) is 3.64. The van der Waals surface area contributed by atoms with Crippen molar-refractivity contribution in [2.24, 2.45) is 0 Å². The molecular weight excluding hydrogens is 332 g/mol. The Hall–Kier alpha value is -1.81. The van der Waals surface area contributed by atoms with Crippen LogP contribution in [0.5, 0.6) is 11.5 Å². The highest BCUT2D eigenvalue weighted by atomic mass is 79.9. The first-order chi connectivity index (χ1) is 10.3. The number of carbonyl (C=O) groups is 1. The maximum absolute atomic E-state index is 11.2. The number of carbonyl (C=O) groups excluding carboxylic acids is 1. The second kappa shape index (κ2) is 7.84. The summed E-state index contributed by atoms with van der Waals surface area (Å²) in [5, 5.41) is 0.905. The zero-order valence-corrected chi connectivity index (χ0v) is 13.4. The molecule has 0 fully saturated rings. The summed E-state index contributed by atoms with van der Waals surface area (Å²) in [5.41, 5.74) is 2.42. The molecule has 0 heterocycles. The van der Waals surface area contributed by atoms with Gasteiger partial charge in [-0.3, -0.25) is 4.79 Å². The van der Waals surface area contributed by atoms with Gasteiger partial charge in [-0.05, 0) is 47.9 Å². The normalized spacial score (nSPS) is 10.2. The molecule has 0 saturated carbocycles. The molecule has 0 spiro atoms. The van der Waals surface area contributed by atoms with E-state index in [0.717, 1.165) is 40.7 Å². The number of alkyl halides is 1. The van der Waals surface area contributed by atoms with Crippen molar-refractivity contribution in [1.82, 2.24) is 0 Å². The fourth-order valence-corrected chi connectivity index (χ4v) is 2.24. The molecule has 0 bridgehead atoms. The van der Waals surface area contributed by atoms with Gasteiger partial charge in [0.1, 0.15) is 11.5 Å². The van der Waals surface area contributed by atoms with Crippen molar-refractivity contribution in [1.29, 1.82) is 0 Å². The quantitative estimate of drug-likeness (QED) is 0.424. The van der Waals surface area contributed by atoms with Gasteiger partial charge in [0, 0.05) is 10.9 Å². The molecule has 21 heavy (non-hydrogen) atoms. The van der Waals surface area contributed by atoms with Gasteiger partial charge in [-0.25, -0.2) is 0 Å². The molecule has 0 amide bonds. The lowest BCUT2D eigenvalue weighted by atomic mass is 10.00. The van der Waals surface area contributed by atoms with Crippen LogP contribution in [-0.4, -0.2) is 25.3 Å². The van der Waals surface area contributed by atoms with Gasteiger partial charge in [-0.2, -0.15) is 0 Å². The summed E-state index contributed by atoms with van der Waals surface area (Å²) in [7, 11) is 1.62. The number of hydrogen-bond donors (Lipinski definition) is 0. The minimum Gasteiger partial charge on any atom is -0.497 e. The maximum Gasteiger partial charge on any atom is 0.150 e. The summed E-state index contributed by atoms with van der Waals surface area (Å²) < 4.78 is 10.9. The summed E-state index contributed by atoms with van der Waals surface area (Å²) in [4.78, 5) is 11.2. The molecule has 2 rings (SSSR count). The lowest BCUT2D eigenvalue weighted by molar-refractivity contribution is 0.112. The number of benzene rings is 2. The van der Waals surface area contributed by atoms with Gasteiger partial charge in [0.05, 0.1) is 13.7 Å². The van der Waals surface area contributed by atoms with Crippen molar-refractivity contribution < 1.29 is 14.3 Å². The molecule has 0 radical (unpaired) electrons. The van der Waals surface area contributed by atoms with Crippen molar-refractivity contribution in [3.8, 4) is 22.6 Å². The van der Waals surface area contributed by atoms with E-state index in [0.29, 0.717) is 12.2 Å². The van der Waals surface area contributed by atoms with Crippen LogP contribution >= 0.6 is 15.9 Å². The second-order valence-corrected chi connectivity index (χ2v) is 5.28. The number of rotatable bonds is 7. The van der Waals surface area contributed by atoms with Crippen LogP contribution in [-0.2, 0) is 0 Å². The third-order valence-electron chi connectivity index (χ3n) is 3.08. The molecule has 0 atom stereocenters. The smallest absolute Gasteiger partial charge is 0.150 e. The Morgan fingerprint density at radius 2 is 2.00 bits per heavy atom. The molecule has 2 aromatic carbocycles. The Morgan fingerprint density at radius 1 is 1.14 bits per heavy atom. The SMILES string of the molecule is COc1cccc(-c2cc(OCCCBr)ccc2C=O)c1. The molecule has 0 aliphatic rings. The summed E-state index contributed by atoms with van der Waals surface area (Å²) in [6, 6.07) is 13.1. The van der Waals surface area contributed by atoms with E-state index in [4.69, 9.17) is 9.47 Å². The average Bonchev–Trinajstić information content (AvgIpc) is 2.55. The highest BCUT2D eigenvalue weighted by Crippen LogP contribution is 2.29. The number of hydrogen-bond acceptors (Lipinski definition) is 3. The minimum absolute atomic E-state index is 0.635. The molecule has 0 saturated heterocycles. The molecule has 0 aliphatic carbocycles. The van der Waals surface area contributed by atoms with Gasteiger partial charge in [0.15, 0.2) is 6.29 Å². The van der Waals surface area contributed by atoms with E-state index in [1.165, 1.54) is 0 Å². The molecule has 0 N–H and O–H groups in total. The first kappa shape index (κ1) is 15.6. The number of aldehydes is 1. The first-order valence-electron chi connectivity index (χ1n) is 6.71. The van der Waals surface area contributed by atoms with E-state index in [-0.39, 0.29) is 0 Å². The minimum atomic E-state index is 0.635. The van der Waals surface area contributed by atoms with E-state index in [1.54, 1.807) is 13.2 Å². The van der Waals surface area contributed by atoms with Crippen molar-refractivity contribution in [3.63, 3.8) is 0 Å². The van der Waals surface area contributed by atoms with Crippen LogP contribution in [0.15, 0.2) is 42.5 Å². The van der Waals surface area contributed by atoms with Gasteiger partial charge < -0.3 is 9.47 Å². The summed E-state index contributed by atoms with van der Waals surface area (Å²) in [6.07, 6.45) is 1.79. The standard InChI is InChI=1S/C17H17BrO3/c1-20-15-5-2-4-13(10-15)17-11-16(21-9-3-8-18)7-6-14(17)12-19/h2,4-7,10-12H,3,8-9H2,1H3. The van der Waals surface area contributed by atoms with Crippen LogP contribution in [0.2, 0.25) is 0 Å². The highest BCUT2D eigenvalue weighted by Gasteiger charge is 2.08. The Kier molecular flexibility index (Phi) is 5.81. The summed E-state index contributed by atoms with van der Waals surface area (Å²) in [5.74, 6) is 1.52. The van der Waals surface area contributed by atoms with Crippen molar-refractivity contribution >= 4 is 22.2 Å². The molecule has 2 aromatic rings. The van der Waals surface area contributed by atoms with Crippen molar-refractivity contribution in [2.75, 3.05) is 19.0 Å². The zero-order valence-electron chi connectivity index (χ0n) is 11.8. The fraction of sp³-hybridized carbons (Fsp3) is 0.235. The average molecular weight is 349 g/mol.